The van der Waals surface area contributed by atoms with E-state index in [2.05, 4.69) is 41.0 Å². The molecule has 1 saturated heterocycles. The highest BCUT2D eigenvalue weighted by molar-refractivity contribution is 6.76. The van der Waals surface area contributed by atoms with Gasteiger partial charge >= 0.3 is 0 Å². The Morgan fingerprint density at radius 1 is 1.10 bits per heavy atom. The van der Waals surface area contributed by atoms with E-state index in [0.717, 1.165) is 60.2 Å². The Bertz CT molecular complexity index is 1970. The summed E-state index contributed by atoms with van der Waals surface area (Å²) in [6.07, 6.45) is 9.68. The average Bonchev–Trinajstić information content (AvgIpc) is 3.88. The molecular formula is C36H42N6O6Si. The second kappa shape index (κ2) is 14.1. The fourth-order valence-electron chi connectivity index (χ4n) is 5.71. The molecule has 1 aliphatic carbocycles. The molecule has 5 aromatic rings. The molecule has 5 heterocycles. The summed E-state index contributed by atoms with van der Waals surface area (Å²) in [5, 5.41) is 14.8. The molecule has 49 heavy (non-hydrogen) atoms. The van der Waals surface area contributed by atoms with E-state index < -0.39 is 8.07 Å². The molecule has 0 spiro atoms. The molecule has 2 aliphatic rings. The van der Waals surface area contributed by atoms with Crippen LogP contribution >= 0.6 is 0 Å². The summed E-state index contributed by atoms with van der Waals surface area (Å²) in [7, 11) is -1.31. The van der Waals surface area contributed by atoms with E-state index in [0.29, 0.717) is 35.7 Å². The molecule has 1 unspecified atom stereocenters. The predicted molar refractivity (Wildman–Crippen MR) is 188 cm³/mol. The van der Waals surface area contributed by atoms with Crippen molar-refractivity contribution in [3.8, 4) is 28.5 Å². The van der Waals surface area contributed by atoms with Crippen LogP contribution < -0.4 is 14.8 Å². The first kappa shape index (κ1) is 32.9. The summed E-state index contributed by atoms with van der Waals surface area (Å²) in [6, 6.07) is 12.2. The number of hydrogen-bond acceptors (Lipinski definition) is 10. The van der Waals surface area contributed by atoms with Crippen LogP contribution in [0.3, 0.4) is 0 Å². The monoisotopic (exact) mass is 682 g/mol. The Balaban J connectivity index is 1.30. The third-order valence-electron chi connectivity index (χ3n) is 8.68. The summed E-state index contributed by atoms with van der Waals surface area (Å²) >= 11 is 0. The van der Waals surface area contributed by atoms with Gasteiger partial charge in [0.15, 0.2) is 11.9 Å². The van der Waals surface area contributed by atoms with Crippen molar-refractivity contribution < 1.29 is 28.8 Å². The highest BCUT2D eigenvalue weighted by Gasteiger charge is 2.31. The van der Waals surface area contributed by atoms with Crippen LogP contribution in [-0.2, 0) is 27.6 Å². The maximum atomic E-state index is 12.8. The van der Waals surface area contributed by atoms with Crippen molar-refractivity contribution in [3.63, 3.8) is 0 Å². The SMILES string of the molecule is C[Si](C)(C)CCOCn1cc(-c2ccc3ncc(OC4CCCCO4)cc3c2)c2c(OCc3ncccc3O)nc(NC(=O)C3CC3)nc21. The van der Waals surface area contributed by atoms with Crippen molar-refractivity contribution in [2.45, 2.75) is 77.4 Å². The molecule has 0 bridgehead atoms. The molecule has 0 radical (unpaired) electrons. The Labute approximate surface area is 285 Å². The number of fused-ring (bicyclic) bond motifs is 2. The average molecular weight is 683 g/mol. The lowest BCUT2D eigenvalue weighted by molar-refractivity contribution is -0.117. The van der Waals surface area contributed by atoms with Crippen LogP contribution in [0.2, 0.25) is 25.7 Å². The number of pyridine rings is 2. The maximum Gasteiger partial charge on any atom is 0.234 e. The van der Waals surface area contributed by atoms with E-state index in [1.54, 1.807) is 24.5 Å². The van der Waals surface area contributed by atoms with Gasteiger partial charge in [-0.2, -0.15) is 9.97 Å². The standard InChI is InChI=1S/C36H42N6O6Si/c1-49(2,3)16-15-45-22-42-20-27(24-11-12-28-25(17-24)18-26(19-38-28)48-31-8-4-5-14-46-31)32-33(42)39-36(40-34(44)23-9-10-23)41-35(32)47-21-29-30(43)7-6-13-37-29/h6-7,11-13,17-20,23,31,43H,4-5,8-10,14-16,21-22H2,1-3H3,(H,39,40,41,44). The normalized spacial score (nSPS) is 16.6. The number of nitrogens with one attached hydrogen (secondary N) is 1. The highest BCUT2D eigenvalue weighted by atomic mass is 28.3. The minimum atomic E-state index is -1.31. The molecule has 256 valence electrons. The van der Waals surface area contributed by atoms with E-state index >= 15 is 0 Å². The zero-order valence-electron chi connectivity index (χ0n) is 28.1. The molecule has 4 aromatic heterocycles. The number of carbonyl (C=O) groups excluding carboxylic acids is 1. The molecule has 1 saturated carbocycles. The number of amides is 1. The Morgan fingerprint density at radius 2 is 1.98 bits per heavy atom. The van der Waals surface area contributed by atoms with Crippen molar-refractivity contribution in [2.24, 2.45) is 5.92 Å². The number of nitrogens with zero attached hydrogens (tertiary/aromatic N) is 5. The molecule has 13 heteroatoms. The molecular weight excluding hydrogens is 641 g/mol. The molecule has 1 atom stereocenters. The first-order valence-electron chi connectivity index (χ1n) is 16.9. The predicted octanol–water partition coefficient (Wildman–Crippen LogP) is 6.89. The van der Waals surface area contributed by atoms with Crippen LogP contribution in [0.5, 0.6) is 17.4 Å². The largest absolute Gasteiger partial charge is 0.506 e. The van der Waals surface area contributed by atoms with Gasteiger partial charge in [0.05, 0.1) is 23.7 Å². The quantitative estimate of drug-likeness (QED) is 0.0995. The van der Waals surface area contributed by atoms with Gasteiger partial charge in [0, 0.05) is 50.4 Å². The summed E-state index contributed by atoms with van der Waals surface area (Å²) in [5.74, 6) is 0.909. The van der Waals surface area contributed by atoms with Crippen molar-refractivity contribution >= 4 is 41.9 Å². The summed E-state index contributed by atoms with van der Waals surface area (Å²) < 4.78 is 26.3. The molecule has 1 aromatic carbocycles. The summed E-state index contributed by atoms with van der Waals surface area (Å²) in [5.41, 5.74) is 3.43. The molecule has 1 aliphatic heterocycles. The van der Waals surface area contributed by atoms with E-state index in [9.17, 15) is 9.90 Å². The summed E-state index contributed by atoms with van der Waals surface area (Å²) in [6.45, 7) is 8.48. The highest BCUT2D eigenvalue weighted by Crippen LogP contribution is 2.39. The van der Waals surface area contributed by atoms with Crippen LogP contribution in [0.4, 0.5) is 5.95 Å². The third-order valence-corrected chi connectivity index (χ3v) is 10.4. The number of aromatic nitrogens is 5. The number of anilines is 1. The first-order chi connectivity index (χ1) is 23.7. The van der Waals surface area contributed by atoms with Gasteiger partial charge in [0.2, 0.25) is 17.7 Å². The fourth-order valence-corrected chi connectivity index (χ4v) is 6.46. The summed E-state index contributed by atoms with van der Waals surface area (Å²) in [4.78, 5) is 31.3. The lowest BCUT2D eigenvalue weighted by Gasteiger charge is -2.23. The van der Waals surface area contributed by atoms with Gasteiger partial charge in [-0.25, -0.2) is 0 Å². The first-order valence-corrected chi connectivity index (χ1v) is 20.6. The molecule has 2 fully saturated rings. The Kier molecular flexibility index (Phi) is 9.48. The van der Waals surface area contributed by atoms with E-state index in [1.807, 2.05) is 29.0 Å². The maximum absolute atomic E-state index is 12.8. The lowest BCUT2D eigenvalue weighted by Crippen LogP contribution is -2.24. The third kappa shape index (κ3) is 8.01. The van der Waals surface area contributed by atoms with Crippen LogP contribution in [0.1, 0.15) is 37.8 Å². The number of ether oxygens (including phenoxy) is 4. The van der Waals surface area contributed by atoms with Gasteiger partial charge in [-0.3, -0.25) is 20.1 Å². The van der Waals surface area contributed by atoms with Gasteiger partial charge < -0.3 is 28.6 Å². The smallest absolute Gasteiger partial charge is 0.234 e. The molecule has 12 nitrogen and oxygen atoms in total. The van der Waals surface area contributed by atoms with Crippen LogP contribution in [0, 0.1) is 5.92 Å². The van der Waals surface area contributed by atoms with Gasteiger partial charge in [-0.15, -0.1) is 0 Å². The fraction of sp³-hybridized carbons (Fsp3) is 0.417. The van der Waals surface area contributed by atoms with Crippen LogP contribution in [0.15, 0.2) is 55.0 Å². The number of carbonyl (C=O) groups is 1. The zero-order chi connectivity index (χ0) is 34.0. The van der Waals surface area contributed by atoms with E-state index in [4.69, 9.17) is 28.9 Å². The lowest BCUT2D eigenvalue weighted by atomic mass is 10.0. The van der Waals surface area contributed by atoms with Crippen molar-refractivity contribution in [1.29, 1.82) is 0 Å². The van der Waals surface area contributed by atoms with E-state index in [-0.39, 0.29) is 49.0 Å². The van der Waals surface area contributed by atoms with Gasteiger partial charge in [0.25, 0.3) is 0 Å². The van der Waals surface area contributed by atoms with Crippen LogP contribution in [0.25, 0.3) is 33.1 Å². The van der Waals surface area contributed by atoms with Crippen molar-refractivity contribution in [2.75, 3.05) is 18.5 Å². The second-order valence-electron chi connectivity index (χ2n) is 13.9. The zero-order valence-corrected chi connectivity index (χ0v) is 29.1. The van der Waals surface area contributed by atoms with Crippen LogP contribution in [-0.4, -0.2) is 63.1 Å². The number of aromatic hydroxyl groups is 1. The van der Waals surface area contributed by atoms with E-state index in [1.165, 1.54) is 0 Å². The van der Waals surface area contributed by atoms with Gasteiger partial charge in [-0.05, 0) is 67.6 Å². The molecule has 1 amide bonds. The second-order valence-corrected chi connectivity index (χ2v) is 19.5. The Hall–Kier alpha value is -4.59. The molecule has 7 rings (SSSR count). The van der Waals surface area contributed by atoms with Crippen molar-refractivity contribution in [1.82, 2.24) is 24.5 Å². The van der Waals surface area contributed by atoms with Gasteiger partial charge in [-0.1, -0.05) is 25.7 Å². The Morgan fingerprint density at radius 3 is 2.76 bits per heavy atom. The minimum absolute atomic E-state index is 0.0160. The number of rotatable bonds is 13. The minimum Gasteiger partial charge on any atom is -0.506 e. The number of benzene rings is 1. The number of hydrogen-bond donors (Lipinski definition) is 2. The molecule has 2 N–H and O–H groups in total. The topological polar surface area (TPSA) is 143 Å². The van der Waals surface area contributed by atoms with Gasteiger partial charge in [0.1, 0.15) is 30.5 Å². The van der Waals surface area contributed by atoms with Crippen molar-refractivity contribution in [3.05, 3.63) is 60.7 Å².